The average molecular weight is 242 g/mol. The molecule has 1 rings (SSSR count). The molecular formula is C10H14N2O3S. The molecule has 1 aliphatic heterocycles. The molecule has 88 valence electrons. The number of rotatable bonds is 4. The third-order valence-corrected chi connectivity index (χ3v) is 3.28. The second-order valence-corrected chi connectivity index (χ2v) is 4.57. The van der Waals surface area contributed by atoms with Gasteiger partial charge in [0.2, 0.25) is 5.91 Å². The number of nitriles is 1. The van der Waals surface area contributed by atoms with Crippen molar-refractivity contribution in [2.75, 3.05) is 18.1 Å². The monoisotopic (exact) mass is 242 g/mol. The van der Waals surface area contributed by atoms with Gasteiger partial charge in [-0.25, -0.2) is 4.79 Å². The Morgan fingerprint density at radius 1 is 1.50 bits per heavy atom. The van der Waals surface area contributed by atoms with Crippen LogP contribution in [0.3, 0.4) is 0 Å². The number of thioether (sulfide) groups is 1. The molecule has 5 nitrogen and oxygen atoms in total. The molecular weight excluding hydrogens is 228 g/mol. The van der Waals surface area contributed by atoms with E-state index in [0.29, 0.717) is 13.0 Å². The fraction of sp³-hybridized carbons (Fsp3) is 0.700. The lowest BCUT2D eigenvalue weighted by molar-refractivity contribution is -0.150. The van der Waals surface area contributed by atoms with E-state index in [4.69, 9.17) is 10.4 Å². The zero-order valence-corrected chi connectivity index (χ0v) is 9.70. The summed E-state index contributed by atoms with van der Waals surface area (Å²) in [6, 6.07) is 1.26. The normalized spacial score (nSPS) is 20.2. The fourth-order valence-electron chi connectivity index (χ4n) is 1.75. The second-order valence-electron chi connectivity index (χ2n) is 3.59. The number of carboxylic acid groups (broad SMARTS) is 1. The zero-order valence-electron chi connectivity index (χ0n) is 8.89. The highest BCUT2D eigenvalue weighted by molar-refractivity contribution is 8.00. The van der Waals surface area contributed by atoms with E-state index in [9.17, 15) is 9.59 Å². The quantitative estimate of drug-likeness (QED) is 0.734. The van der Waals surface area contributed by atoms with Gasteiger partial charge in [0, 0.05) is 6.54 Å². The Morgan fingerprint density at radius 3 is 2.88 bits per heavy atom. The van der Waals surface area contributed by atoms with Crippen LogP contribution in [-0.2, 0) is 9.59 Å². The summed E-state index contributed by atoms with van der Waals surface area (Å²) in [6.07, 6.45) is 2.24. The maximum Gasteiger partial charge on any atom is 0.326 e. The lowest BCUT2D eigenvalue weighted by Crippen LogP contribution is -2.48. The summed E-state index contributed by atoms with van der Waals surface area (Å²) in [4.78, 5) is 24.1. The van der Waals surface area contributed by atoms with Crippen LogP contribution in [0.5, 0.6) is 0 Å². The van der Waals surface area contributed by atoms with Gasteiger partial charge in [-0.1, -0.05) is 0 Å². The Balaban J connectivity index is 2.51. The first-order valence-electron chi connectivity index (χ1n) is 5.13. The minimum atomic E-state index is -0.932. The molecule has 0 spiro atoms. The van der Waals surface area contributed by atoms with E-state index < -0.39 is 12.0 Å². The van der Waals surface area contributed by atoms with Crippen molar-refractivity contribution < 1.29 is 14.7 Å². The van der Waals surface area contributed by atoms with E-state index in [-0.39, 0.29) is 17.4 Å². The van der Waals surface area contributed by atoms with Gasteiger partial charge in [-0.3, -0.25) is 4.79 Å². The van der Waals surface area contributed by atoms with E-state index >= 15 is 0 Å². The number of hydrogen-bond donors (Lipinski definition) is 1. The molecule has 1 fully saturated rings. The number of amides is 1. The molecule has 1 saturated heterocycles. The van der Waals surface area contributed by atoms with Crippen LogP contribution in [-0.4, -0.2) is 46.0 Å². The van der Waals surface area contributed by atoms with E-state index in [2.05, 4.69) is 0 Å². The van der Waals surface area contributed by atoms with Gasteiger partial charge in [-0.05, 0) is 19.3 Å². The number of piperidine rings is 1. The Morgan fingerprint density at radius 2 is 2.25 bits per heavy atom. The fourth-order valence-corrected chi connectivity index (χ4v) is 2.29. The maximum absolute atomic E-state index is 11.7. The predicted molar refractivity (Wildman–Crippen MR) is 59.9 cm³/mol. The number of carbonyl (C=O) groups is 2. The van der Waals surface area contributed by atoms with E-state index in [1.165, 1.54) is 16.7 Å². The Bertz CT molecular complexity index is 314. The first-order chi connectivity index (χ1) is 7.66. The standard InChI is InChI=1S/C10H14N2O3S/c11-4-6-16-7-9(13)12-5-2-1-3-8(12)10(14)15/h8H,1-3,5-7H2,(H,14,15). The van der Waals surface area contributed by atoms with Gasteiger partial charge in [-0.2, -0.15) is 5.26 Å². The molecule has 0 radical (unpaired) electrons. The van der Waals surface area contributed by atoms with Crippen LogP contribution >= 0.6 is 11.8 Å². The highest BCUT2D eigenvalue weighted by Crippen LogP contribution is 2.18. The second kappa shape index (κ2) is 6.38. The Labute approximate surface area is 98.4 Å². The van der Waals surface area contributed by atoms with Crippen LogP contribution < -0.4 is 0 Å². The SMILES string of the molecule is N#CCSCC(=O)N1CCCCC1C(=O)O. The molecule has 0 saturated carbocycles. The molecule has 1 N–H and O–H groups in total. The molecule has 0 aromatic heterocycles. The molecule has 1 amide bonds. The molecule has 16 heavy (non-hydrogen) atoms. The number of nitrogens with zero attached hydrogens (tertiary/aromatic N) is 2. The third kappa shape index (κ3) is 3.42. The number of aliphatic carboxylic acids is 1. The van der Waals surface area contributed by atoms with Gasteiger partial charge in [0.15, 0.2) is 0 Å². The minimum absolute atomic E-state index is 0.174. The van der Waals surface area contributed by atoms with Crippen LogP contribution in [0.2, 0.25) is 0 Å². The lowest BCUT2D eigenvalue weighted by Gasteiger charge is -2.32. The van der Waals surface area contributed by atoms with Crippen LogP contribution in [0.25, 0.3) is 0 Å². The van der Waals surface area contributed by atoms with Crippen molar-refractivity contribution in [1.29, 1.82) is 5.26 Å². The predicted octanol–water partition coefficient (Wildman–Crippen LogP) is 0.709. The van der Waals surface area contributed by atoms with Gasteiger partial charge in [0.25, 0.3) is 0 Å². The molecule has 1 aliphatic rings. The summed E-state index contributed by atoms with van der Waals surface area (Å²) in [5.41, 5.74) is 0. The van der Waals surface area contributed by atoms with E-state index in [1.54, 1.807) is 0 Å². The smallest absolute Gasteiger partial charge is 0.326 e. The van der Waals surface area contributed by atoms with Gasteiger partial charge in [-0.15, -0.1) is 11.8 Å². The van der Waals surface area contributed by atoms with Gasteiger partial charge in [0.05, 0.1) is 17.6 Å². The summed E-state index contributed by atoms with van der Waals surface area (Å²) in [6.45, 7) is 0.517. The molecule has 0 bridgehead atoms. The van der Waals surface area contributed by atoms with Crippen molar-refractivity contribution in [3.8, 4) is 6.07 Å². The van der Waals surface area contributed by atoms with Crippen LogP contribution in [0.4, 0.5) is 0 Å². The number of hydrogen-bond acceptors (Lipinski definition) is 4. The van der Waals surface area contributed by atoms with Gasteiger partial charge >= 0.3 is 5.97 Å². The highest BCUT2D eigenvalue weighted by Gasteiger charge is 2.31. The highest BCUT2D eigenvalue weighted by atomic mass is 32.2. The maximum atomic E-state index is 11.7. The summed E-state index contributed by atoms with van der Waals surface area (Å²) in [5.74, 6) is -0.653. The summed E-state index contributed by atoms with van der Waals surface area (Å²) < 4.78 is 0. The van der Waals surface area contributed by atoms with Crippen molar-refractivity contribution in [3.05, 3.63) is 0 Å². The first-order valence-corrected chi connectivity index (χ1v) is 6.29. The zero-order chi connectivity index (χ0) is 12.0. The largest absolute Gasteiger partial charge is 0.480 e. The molecule has 1 heterocycles. The number of likely N-dealkylation sites (tertiary alicyclic amines) is 1. The van der Waals surface area contributed by atoms with Crippen molar-refractivity contribution in [2.24, 2.45) is 0 Å². The van der Waals surface area contributed by atoms with Crippen LogP contribution in [0, 0.1) is 11.3 Å². The van der Waals surface area contributed by atoms with Gasteiger partial charge < -0.3 is 10.0 Å². The van der Waals surface area contributed by atoms with Crippen molar-refractivity contribution in [2.45, 2.75) is 25.3 Å². The van der Waals surface area contributed by atoms with Crippen molar-refractivity contribution in [3.63, 3.8) is 0 Å². The van der Waals surface area contributed by atoms with Crippen LogP contribution in [0.15, 0.2) is 0 Å². The molecule has 1 unspecified atom stereocenters. The number of carboxylic acids is 1. The van der Waals surface area contributed by atoms with Crippen molar-refractivity contribution in [1.82, 2.24) is 4.90 Å². The van der Waals surface area contributed by atoms with E-state index in [1.807, 2.05) is 6.07 Å². The Hall–Kier alpha value is -1.22. The summed E-state index contributed by atoms with van der Waals surface area (Å²) >= 11 is 1.22. The number of carbonyl (C=O) groups excluding carboxylic acids is 1. The lowest BCUT2D eigenvalue weighted by atomic mass is 10.0. The molecule has 0 aromatic carbocycles. The molecule has 1 atom stereocenters. The van der Waals surface area contributed by atoms with Gasteiger partial charge in [0.1, 0.15) is 6.04 Å². The summed E-state index contributed by atoms with van der Waals surface area (Å²) in [7, 11) is 0. The molecule has 0 aliphatic carbocycles. The van der Waals surface area contributed by atoms with Crippen molar-refractivity contribution >= 4 is 23.6 Å². The first kappa shape index (κ1) is 12.8. The third-order valence-electron chi connectivity index (χ3n) is 2.50. The average Bonchev–Trinajstić information content (AvgIpc) is 2.29. The van der Waals surface area contributed by atoms with Crippen LogP contribution in [0.1, 0.15) is 19.3 Å². The molecule has 6 heteroatoms. The molecule has 0 aromatic rings. The Kier molecular flexibility index (Phi) is 5.12. The minimum Gasteiger partial charge on any atom is -0.480 e. The topological polar surface area (TPSA) is 81.4 Å². The summed E-state index contributed by atoms with van der Waals surface area (Å²) in [5, 5.41) is 17.3. The van der Waals surface area contributed by atoms with E-state index in [0.717, 1.165) is 12.8 Å².